The lowest BCUT2D eigenvalue weighted by atomic mass is 10.2. The first-order valence-corrected chi connectivity index (χ1v) is 6.20. The van der Waals surface area contributed by atoms with E-state index in [1.165, 1.54) is 11.5 Å². The molecule has 0 amide bonds. The Labute approximate surface area is 110 Å². The van der Waals surface area contributed by atoms with Gasteiger partial charge in [-0.05, 0) is 12.1 Å². The second kappa shape index (κ2) is 5.68. The molecule has 0 saturated heterocycles. The number of anilines is 1. The third-order valence-electron chi connectivity index (χ3n) is 2.58. The molecule has 0 atom stereocenters. The molecule has 6 heteroatoms. The number of hydrogen-bond donors (Lipinski definition) is 0. The highest BCUT2D eigenvalue weighted by Crippen LogP contribution is 2.26. The minimum Gasteiger partial charge on any atom is -0.497 e. The third kappa shape index (κ3) is 2.70. The Morgan fingerprint density at radius 1 is 1.28 bits per heavy atom. The summed E-state index contributed by atoms with van der Waals surface area (Å²) < 4.78 is 14.5. The molecular formula is C12H15N3O2S. The first-order valence-electron chi connectivity index (χ1n) is 5.43. The minimum absolute atomic E-state index is 0.711. The number of aromatic nitrogens is 2. The zero-order chi connectivity index (χ0) is 13.0. The third-order valence-corrected chi connectivity index (χ3v) is 3.36. The lowest BCUT2D eigenvalue weighted by molar-refractivity contribution is 0.391. The molecular weight excluding hydrogens is 250 g/mol. The topological polar surface area (TPSA) is 47.5 Å². The maximum Gasteiger partial charge on any atom is 0.204 e. The normalized spacial score (nSPS) is 10.2. The zero-order valence-electron chi connectivity index (χ0n) is 10.6. The predicted molar refractivity (Wildman–Crippen MR) is 71.6 cm³/mol. The van der Waals surface area contributed by atoms with E-state index in [1.807, 2.05) is 30.1 Å². The number of ether oxygens (including phenoxy) is 2. The van der Waals surface area contributed by atoms with Gasteiger partial charge in [0.15, 0.2) is 0 Å². The van der Waals surface area contributed by atoms with Crippen LogP contribution in [0.5, 0.6) is 11.5 Å². The molecule has 5 nitrogen and oxygen atoms in total. The van der Waals surface area contributed by atoms with Gasteiger partial charge >= 0.3 is 0 Å². The minimum atomic E-state index is 0.711. The highest BCUT2D eigenvalue weighted by atomic mass is 32.1. The first kappa shape index (κ1) is 12.6. The standard InChI is InChI=1S/C12H15N3O2S/c1-15(12-13-8-14-18-12)7-9-4-5-10(16-2)6-11(9)17-3/h4-6,8H,7H2,1-3H3. The van der Waals surface area contributed by atoms with E-state index in [1.54, 1.807) is 20.5 Å². The Bertz CT molecular complexity index is 502. The fourth-order valence-electron chi connectivity index (χ4n) is 1.64. The van der Waals surface area contributed by atoms with Crippen molar-refractivity contribution < 1.29 is 9.47 Å². The number of hydrogen-bond acceptors (Lipinski definition) is 6. The van der Waals surface area contributed by atoms with E-state index in [0.29, 0.717) is 6.54 Å². The average molecular weight is 265 g/mol. The van der Waals surface area contributed by atoms with Gasteiger partial charge in [-0.25, -0.2) is 4.98 Å². The van der Waals surface area contributed by atoms with Crippen LogP contribution in [0.25, 0.3) is 0 Å². The molecule has 0 bridgehead atoms. The smallest absolute Gasteiger partial charge is 0.204 e. The van der Waals surface area contributed by atoms with Gasteiger partial charge in [0.25, 0.3) is 0 Å². The number of methoxy groups -OCH3 is 2. The summed E-state index contributed by atoms with van der Waals surface area (Å²) in [5.41, 5.74) is 1.08. The Hall–Kier alpha value is -1.82. The van der Waals surface area contributed by atoms with Gasteiger partial charge < -0.3 is 14.4 Å². The summed E-state index contributed by atoms with van der Waals surface area (Å²) in [5, 5.41) is 0.882. The molecule has 0 unspecified atom stereocenters. The van der Waals surface area contributed by atoms with E-state index in [-0.39, 0.29) is 0 Å². The molecule has 0 aliphatic carbocycles. The summed E-state index contributed by atoms with van der Waals surface area (Å²) in [6, 6.07) is 5.80. The molecule has 0 spiro atoms. The molecule has 1 aromatic heterocycles. The van der Waals surface area contributed by atoms with Crippen LogP contribution in [0.4, 0.5) is 5.13 Å². The van der Waals surface area contributed by atoms with Crippen LogP contribution >= 0.6 is 11.5 Å². The van der Waals surface area contributed by atoms with E-state index in [9.17, 15) is 0 Å². The van der Waals surface area contributed by atoms with Crippen molar-refractivity contribution in [2.75, 3.05) is 26.2 Å². The summed E-state index contributed by atoms with van der Waals surface area (Å²) in [5.74, 6) is 1.60. The largest absolute Gasteiger partial charge is 0.497 e. The molecule has 0 fully saturated rings. The zero-order valence-corrected chi connectivity index (χ0v) is 11.4. The van der Waals surface area contributed by atoms with Crippen molar-refractivity contribution in [3.63, 3.8) is 0 Å². The summed E-state index contributed by atoms with van der Waals surface area (Å²) in [7, 11) is 5.27. The van der Waals surface area contributed by atoms with E-state index < -0.39 is 0 Å². The van der Waals surface area contributed by atoms with Crippen LogP contribution in [0.15, 0.2) is 24.5 Å². The summed E-state index contributed by atoms with van der Waals surface area (Å²) in [6.07, 6.45) is 1.56. The van der Waals surface area contributed by atoms with E-state index in [4.69, 9.17) is 9.47 Å². The molecule has 0 radical (unpaired) electrons. The van der Waals surface area contributed by atoms with Gasteiger partial charge in [0.05, 0.1) is 14.2 Å². The molecule has 0 aliphatic rings. The lowest BCUT2D eigenvalue weighted by Crippen LogP contribution is -2.16. The molecule has 2 rings (SSSR count). The second-order valence-corrected chi connectivity index (χ2v) is 4.52. The summed E-state index contributed by atoms with van der Waals surface area (Å²) in [6.45, 7) is 0.711. The molecule has 96 valence electrons. The van der Waals surface area contributed by atoms with E-state index in [2.05, 4.69) is 9.36 Å². The SMILES string of the molecule is COc1ccc(CN(C)c2ncns2)c(OC)c1. The molecule has 1 aromatic carbocycles. The van der Waals surface area contributed by atoms with Gasteiger partial charge in [-0.1, -0.05) is 0 Å². The summed E-state index contributed by atoms with van der Waals surface area (Å²) >= 11 is 1.37. The van der Waals surface area contributed by atoms with Crippen molar-refractivity contribution >= 4 is 16.7 Å². The highest BCUT2D eigenvalue weighted by molar-refractivity contribution is 7.09. The lowest BCUT2D eigenvalue weighted by Gasteiger charge is -2.17. The molecule has 0 N–H and O–H groups in total. The van der Waals surface area contributed by atoms with Crippen molar-refractivity contribution in [1.82, 2.24) is 9.36 Å². The van der Waals surface area contributed by atoms with Crippen LogP contribution < -0.4 is 14.4 Å². The van der Waals surface area contributed by atoms with Crippen LogP contribution in [0.1, 0.15) is 5.56 Å². The van der Waals surface area contributed by atoms with Crippen molar-refractivity contribution in [3.05, 3.63) is 30.1 Å². The average Bonchev–Trinajstić information content (AvgIpc) is 2.93. The van der Waals surface area contributed by atoms with Crippen LogP contribution in [0.2, 0.25) is 0 Å². The maximum atomic E-state index is 5.37. The molecule has 1 heterocycles. The van der Waals surface area contributed by atoms with E-state index in [0.717, 1.165) is 22.2 Å². The fraction of sp³-hybridized carbons (Fsp3) is 0.333. The highest BCUT2D eigenvalue weighted by Gasteiger charge is 2.10. The predicted octanol–water partition coefficient (Wildman–Crippen LogP) is 2.19. The molecule has 18 heavy (non-hydrogen) atoms. The van der Waals surface area contributed by atoms with Gasteiger partial charge in [0, 0.05) is 36.8 Å². The van der Waals surface area contributed by atoms with Crippen LogP contribution in [-0.4, -0.2) is 30.6 Å². The molecule has 0 saturated carbocycles. The van der Waals surface area contributed by atoms with Crippen molar-refractivity contribution in [3.8, 4) is 11.5 Å². The second-order valence-electron chi connectivity index (χ2n) is 3.76. The van der Waals surface area contributed by atoms with Gasteiger partial charge in [-0.2, -0.15) is 4.37 Å². The Morgan fingerprint density at radius 3 is 2.72 bits per heavy atom. The quantitative estimate of drug-likeness (QED) is 0.829. The van der Waals surface area contributed by atoms with Crippen molar-refractivity contribution in [2.45, 2.75) is 6.54 Å². The van der Waals surface area contributed by atoms with Crippen molar-refractivity contribution in [1.29, 1.82) is 0 Å². The fourth-order valence-corrected chi connectivity index (χ4v) is 2.13. The van der Waals surface area contributed by atoms with Crippen molar-refractivity contribution in [2.24, 2.45) is 0 Å². The number of benzene rings is 1. The number of rotatable bonds is 5. The van der Waals surface area contributed by atoms with Gasteiger partial charge in [0.2, 0.25) is 5.13 Å². The molecule has 2 aromatic rings. The van der Waals surface area contributed by atoms with Crippen LogP contribution in [0.3, 0.4) is 0 Å². The van der Waals surface area contributed by atoms with Gasteiger partial charge in [-0.3, -0.25) is 0 Å². The Balaban J connectivity index is 2.18. The number of nitrogens with zero attached hydrogens (tertiary/aromatic N) is 3. The first-order chi connectivity index (χ1) is 8.74. The maximum absolute atomic E-state index is 5.37. The summed E-state index contributed by atoms with van der Waals surface area (Å²) in [4.78, 5) is 6.20. The molecule has 0 aliphatic heterocycles. The van der Waals surface area contributed by atoms with Crippen LogP contribution in [-0.2, 0) is 6.54 Å². The Kier molecular flexibility index (Phi) is 3.99. The van der Waals surface area contributed by atoms with E-state index >= 15 is 0 Å². The van der Waals surface area contributed by atoms with Gasteiger partial charge in [-0.15, -0.1) is 0 Å². The Morgan fingerprint density at radius 2 is 2.11 bits per heavy atom. The van der Waals surface area contributed by atoms with Crippen LogP contribution in [0, 0.1) is 0 Å². The monoisotopic (exact) mass is 265 g/mol. The van der Waals surface area contributed by atoms with Gasteiger partial charge in [0.1, 0.15) is 17.8 Å².